The first-order valence-electron chi connectivity index (χ1n) is 6.94. The number of carboxylic acids is 1. The van der Waals surface area contributed by atoms with Crippen LogP contribution in [-0.2, 0) is 19.0 Å². The fraction of sp³-hybridized carbons (Fsp3) is 0.400. The van der Waals surface area contributed by atoms with Crippen LogP contribution >= 0.6 is 0 Å². The van der Waals surface area contributed by atoms with Gasteiger partial charge in [-0.3, -0.25) is 0 Å². The Kier molecular flexibility index (Phi) is 5.11. The number of esters is 1. The van der Waals surface area contributed by atoms with Gasteiger partial charge in [0.25, 0.3) is 0 Å². The van der Waals surface area contributed by atoms with Gasteiger partial charge in [0, 0.05) is 0 Å². The number of epoxide rings is 1. The third-order valence-corrected chi connectivity index (χ3v) is 2.91. The van der Waals surface area contributed by atoms with E-state index in [9.17, 15) is 9.59 Å². The number of carboxylic acid groups (broad SMARTS) is 1. The van der Waals surface area contributed by atoms with E-state index in [2.05, 4.69) is 4.99 Å². The van der Waals surface area contributed by atoms with Crippen molar-refractivity contribution in [3.05, 3.63) is 29.8 Å². The number of aliphatic imine (C=N–C) groups is 1. The van der Waals surface area contributed by atoms with E-state index in [1.54, 1.807) is 32.0 Å². The molecule has 1 fully saturated rings. The topological polar surface area (TPSA) is 97.7 Å². The van der Waals surface area contributed by atoms with E-state index in [1.165, 1.54) is 6.07 Å². The van der Waals surface area contributed by atoms with Crippen molar-refractivity contribution in [1.82, 2.24) is 0 Å². The summed E-state index contributed by atoms with van der Waals surface area (Å²) in [5, 5.41) is 9.16. The summed E-state index contributed by atoms with van der Waals surface area (Å²) < 4.78 is 15.5. The first-order chi connectivity index (χ1) is 10.6. The van der Waals surface area contributed by atoms with E-state index in [0.717, 1.165) is 0 Å². The summed E-state index contributed by atoms with van der Waals surface area (Å²) in [4.78, 5) is 27.0. The molecule has 1 aromatic rings. The Balaban J connectivity index is 2.23. The highest BCUT2D eigenvalue weighted by atomic mass is 16.7. The van der Waals surface area contributed by atoms with E-state index in [4.69, 9.17) is 19.3 Å². The molecule has 0 saturated carbocycles. The van der Waals surface area contributed by atoms with E-state index < -0.39 is 24.1 Å². The lowest BCUT2D eigenvalue weighted by Crippen LogP contribution is -2.20. The number of para-hydroxylation sites is 1. The van der Waals surface area contributed by atoms with Gasteiger partial charge in [-0.2, -0.15) is 0 Å². The minimum atomic E-state index is -1.09. The first kappa shape index (κ1) is 16.0. The Morgan fingerprint density at radius 1 is 1.18 bits per heavy atom. The predicted octanol–water partition coefficient (Wildman–Crippen LogP) is 1.78. The number of carbonyl (C=O) groups excluding carboxylic acids is 1. The van der Waals surface area contributed by atoms with Crippen molar-refractivity contribution in [3.63, 3.8) is 0 Å². The third-order valence-electron chi connectivity index (χ3n) is 2.91. The maximum atomic E-state index is 11.6. The number of aromatic carboxylic acids is 1. The lowest BCUT2D eigenvalue weighted by atomic mass is 10.2. The van der Waals surface area contributed by atoms with Crippen LogP contribution in [0.15, 0.2) is 29.3 Å². The van der Waals surface area contributed by atoms with Gasteiger partial charge in [0.1, 0.15) is 0 Å². The molecule has 1 N–H and O–H groups in total. The molecule has 1 saturated heterocycles. The molecule has 2 unspecified atom stereocenters. The SMILES string of the molecule is CCOC(=O)C1OC1C(=Nc1ccccc1C(=O)O)OCC. The quantitative estimate of drug-likeness (QED) is 0.372. The molecule has 0 aliphatic carbocycles. The number of rotatable bonds is 6. The average Bonchev–Trinajstić information content (AvgIpc) is 3.28. The fourth-order valence-corrected chi connectivity index (χ4v) is 1.90. The molecular formula is C15H17NO6. The highest BCUT2D eigenvalue weighted by molar-refractivity contribution is 5.98. The molecule has 7 heteroatoms. The van der Waals surface area contributed by atoms with Gasteiger partial charge >= 0.3 is 11.9 Å². The highest BCUT2D eigenvalue weighted by Crippen LogP contribution is 2.28. The second-order valence-electron chi connectivity index (χ2n) is 4.43. The monoisotopic (exact) mass is 307 g/mol. The summed E-state index contributed by atoms with van der Waals surface area (Å²) in [6.45, 7) is 4.05. The molecule has 118 valence electrons. The molecule has 0 spiro atoms. The highest BCUT2D eigenvalue weighted by Gasteiger charge is 2.51. The van der Waals surface area contributed by atoms with Crippen molar-refractivity contribution in [1.29, 1.82) is 0 Å². The lowest BCUT2D eigenvalue weighted by molar-refractivity contribution is -0.144. The number of carbonyl (C=O) groups is 2. The van der Waals surface area contributed by atoms with Gasteiger partial charge in [-0.1, -0.05) is 12.1 Å². The summed E-state index contributed by atoms with van der Waals surface area (Å²) in [6, 6.07) is 6.29. The largest absolute Gasteiger partial charge is 0.479 e. The second-order valence-corrected chi connectivity index (χ2v) is 4.43. The molecule has 2 atom stereocenters. The molecule has 1 aliphatic rings. The molecule has 0 amide bonds. The number of ether oxygens (including phenoxy) is 3. The molecule has 7 nitrogen and oxygen atoms in total. The average molecular weight is 307 g/mol. The van der Waals surface area contributed by atoms with Gasteiger partial charge in [-0.15, -0.1) is 0 Å². The fourth-order valence-electron chi connectivity index (χ4n) is 1.90. The van der Waals surface area contributed by atoms with Gasteiger partial charge in [0.15, 0.2) is 12.2 Å². The van der Waals surface area contributed by atoms with Crippen LogP contribution in [0.4, 0.5) is 5.69 Å². The van der Waals surface area contributed by atoms with Crippen molar-refractivity contribution >= 4 is 23.5 Å². The minimum Gasteiger partial charge on any atom is -0.479 e. The van der Waals surface area contributed by atoms with Crippen LogP contribution in [0.25, 0.3) is 0 Å². The molecule has 22 heavy (non-hydrogen) atoms. The lowest BCUT2D eigenvalue weighted by Gasteiger charge is -2.06. The molecular weight excluding hydrogens is 290 g/mol. The van der Waals surface area contributed by atoms with Crippen LogP contribution in [0.3, 0.4) is 0 Å². The molecule has 0 radical (unpaired) electrons. The zero-order chi connectivity index (χ0) is 16.1. The Hall–Kier alpha value is -2.41. The Morgan fingerprint density at radius 3 is 2.50 bits per heavy atom. The Morgan fingerprint density at radius 2 is 1.86 bits per heavy atom. The van der Waals surface area contributed by atoms with Gasteiger partial charge in [-0.25, -0.2) is 14.6 Å². The summed E-state index contributed by atoms with van der Waals surface area (Å²) in [7, 11) is 0. The second kappa shape index (κ2) is 7.04. The molecule has 1 aliphatic heterocycles. The zero-order valence-electron chi connectivity index (χ0n) is 12.3. The van der Waals surface area contributed by atoms with Crippen LogP contribution < -0.4 is 0 Å². The predicted molar refractivity (Wildman–Crippen MR) is 77.4 cm³/mol. The van der Waals surface area contributed by atoms with Crippen LogP contribution in [0.5, 0.6) is 0 Å². The van der Waals surface area contributed by atoms with Crippen LogP contribution in [-0.4, -0.2) is 48.4 Å². The molecule has 1 heterocycles. The molecule has 1 aromatic carbocycles. The van der Waals surface area contributed by atoms with E-state index in [1.807, 2.05) is 0 Å². The maximum absolute atomic E-state index is 11.6. The summed E-state index contributed by atoms with van der Waals surface area (Å²) >= 11 is 0. The molecule has 0 bridgehead atoms. The van der Waals surface area contributed by atoms with Gasteiger partial charge in [-0.05, 0) is 26.0 Å². The smallest absolute Gasteiger partial charge is 0.338 e. The van der Waals surface area contributed by atoms with Crippen LogP contribution in [0.2, 0.25) is 0 Å². The van der Waals surface area contributed by atoms with Crippen molar-refractivity contribution in [3.8, 4) is 0 Å². The number of hydrogen-bond acceptors (Lipinski definition) is 6. The van der Waals surface area contributed by atoms with Gasteiger partial charge in [0.05, 0.1) is 24.5 Å². The Labute approximate surface area is 127 Å². The molecule has 0 aromatic heterocycles. The zero-order valence-corrected chi connectivity index (χ0v) is 12.3. The first-order valence-corrected chi connectivity index (χ1v) is 6.94. The molecule has 2 rings (SSSR count). The standard InChI is InChI=1S/C15H17NO6/c1-3-20-13(11-12(22-11)15(19)21-4-2)16-10-8-6-5-7-9(10)14(17)18/h5-8,11-12H,3-4H2,1-2H3,(H,17,18). The summed E-state index contributed by atoms with van der Waals surface area (Å²) in [6.07, 6.45) is -1.39. The minimum absolute atomic E-state index is 0.0491. The van der Waals surface area contributed by atoms with Crippen molar-refractivity contribution in [2.24, 2.45) is 4.99 Å². The van der Waals surface area contributed by atoms with Crippen LogP contribution in [0.1, 0.15) is 24.2 Å². The van der Waals surface area contributed by atoms with E-state index in [-0.39, 0.29) is 23.8 Å². The number of nitrogens with zero attached hydrogens (tertiary/aromatic N) is 1. The van der Waals surface area contributed by atoms with E-state index >= 15 is 0 Å². The van der Waals surface area contributed by atoms with Crippen LogP contribution in [0, 0.1) is 0 Å². The van der Waals surface area contributed by atoms with E-state index in [0.29, 0.717) is 6.61 Å². The summed E-state index contributed by atoms with van der Waals surface area (Å²) in [5.74, 6) is -1.39. The normalized spacial score (nSPS) is 20.4. The van der Waals surface area contributed by atoms with Crippen molar-refractivity contribution in [2.45, 2.75) is 26.1 Å². The van der Waals surface area contributed by atoms with Gasteiger partial charge in [0.2, 0.25) is 5.90 Å². The number of hydrogen-bond donors (Lipinski definition) is 1. The van der Waals surface area contributed by atoms with Crippen molar-refractivity contribution < 1.29 is 28.9 Å². The number of benzene rings is 1. The maximum Gasteiger partial charge on any atom is 0.338 e. The van der Waals surface area contributed by atoms with Crippen molar-refractivity contribution in [2.75, 3.05) is 13.2 Å². The van der Waals surface area contributed by atoms with Gasteiger partial charge < -0.3 is 19.3 Å². The Bertz CT molecular complexity index is 597. The third kappa shape index (κ3) is 3.62. The summed E-state index contributed by atoms with van der Waals surface area (Å²) in [5.41, 5.74) is 0.296.